The van der Waals surface area contributed by atoms with Gasteiger partial charge in [-0.1, -0.05) is 0 Å². The molecule has 1 unspecified atom stereocenters. The second kappa shape index (κ2) is 5.45. The highest BCUT2D eigenvalue weighted by Gasteiger charge is 2.24. The molecule has 132 valence electrons. The van der Waals surface area contributed by atoms with E-state index >= 15 is 0 Å². The first-order valence-corrected chi connectivity index (χ1v) is 7.79. The molecule has 1 aromatic heterocycles. The number of phenolic OH excluding ortho intramolecular Hbond substituents is 3. The number of hydrogen-bond donors (Lipinski definition) is 4. The maximum Gasteiger partial charge on any atom is 0.238 e. The highest BCUT2D eigenvalue weighted by Crippen LogP contribution is 2.41. The number of phenols is 3. The minimum atomic E-state index is -0.818. The molecule has 0 spiro atoms. The van der Waals surface area contributed by atoms with Crippen LogP contribution < -0.4 is 10.2 Å². The van der Waals surface area contributed by atoms with Gasteiger partial charge in [0.1, 0.15) is 23.0 Å². The zero-order chi connectivity index (χ0) is 18.6. The SMILES string of the molecule is CC1C=Cc2c(cc(O)c3c(=O)c(O)c(-c4ccc(O)c(O)c4)oc23)O1. The molecule has 2 aromatic carbocycles. The van der Waals surface area contributed by atoms with Crippen molar-refractivity contribution in [2.45, 2.75) is 13.0 Å². The lowest BCUT2D eigenvalue weighted by Crippen LogP contribution is -2.13. The minimum absolute atomic E-state index is 0.0496. The van der Waals surface area contributed by atoms with Gasteiger partial charge in [-0.3, -0.25) is 4.79 Å². The van der Waals surface area contributed by atoms with Crippen molar-refractivity contribution in [1.29, 1.82) is 0 Å². The Hall–Kier alpha value is -3.61. The number of aromatic hydroxyl groups is 4. The van der Waals surface area contributed by atoms with Crippen LogP contribution in [0.5, 0.6) is 28.7 Å². The van der Waals surface area contributed by atoms with Crippen LogP contribution in [0.25, 0.3) is 28.4 Å². The molecule has 2 heterocycles. The third-order valence-corrected chi connectivity index (χ3v) is 4.21. The number of ether oxygens (including phenoxy) is 1. The van der Waals surface area contributed by atoms with Crippen LogP contribution in [0.4, 0.5) is 0 Å². The number of hydrogen-bond acceptors (Lipinski definition) is 7. The molecule has 4 rings (SSSR count). The van der Waals surface area contributed by atoms with Gasteiger partial charge in [0.25, 0.3) is 0 Å². The fourth-order valence-electron chi connectivity index (χ4n) is 2.92. The zero-order valence-corrected chi connectivity index (χ0v) is 13.6. The van der Waals surface area contributed by atoms with E-state index in [0.717, 1.165) is 6.07 Å². The summed E-state index contributed by atoms with van der Waals surface area (Å²) in [5, 5.41) is 39.4. The first-order valence-electron chi connectivity index (χ1n) is 7.79. The van der Waals surface area contributed by atoms with E-state index in [-0.39, 0.29) is 39.9 Å². The monoisotopic (exact) mass is 354 g/mol. The van der Waals surface area contributed by atoms with Crippen molar-refractivity contribution in [3.63, 3.8) is 0 Å². The topological polar surface area (TPSA) is 120 Å². The highest BCUT2D eigenvalue weighted by atomic mass is 16.5. The maximum absolute atomic E-state index is 12.6. The van der Waals surface area contributed by atoms with Gasteiger partial charge < -0.3 is 29.6 Å². The van der Waals surface area contributed by atoms with Crippen LogP contribution in [0.15, 0.2) is 39.6 Å². The van der Waals surface area contributed by atoms with Crippen LogP contribution in [0, 0.1) is 0 Å². The molecule has 0 saturated heterocycles. The van der Waals surface area contributed by atoms with E-state index in [4.69, 9.17) is 9.15 Å². The van der Waals surface area contributed by atoms with Gasteiger partial charge in [0, 0.05) is 11.6 Å². The Balaban J connectivity index is 2.08. The summed E-state index contributed by atoms with van der Waals surface area (Å²) < 4.78 is 11.4. The molecule has 1 atom stereocenters. The third kappa shape index (κ3) is 2.25. The molecule has 1 aliphatic rings. The average molecular weight is 354 g/mol. The Labute approximate surface area is 146 Å². The van der Waals surface area contributed by atoms with E-state index in [2.05, 4.69) is 0 Å². The number of fused-ring (bicyclic) bond motifs is 3. The van der Waals surface area contributed by atoms with Crippen LogP contribution in [0.2, 0.25) is 0 Å². The van der Waals surface area contributed by atoms with Gasteiger partial charge in [-0.2, -0.15) is 0 Å². The van der Waals surface area contributed by atoms with Crippen molar-refractivity contribution in [2.24, 2.45) is 0 Å². The van der Waals surface area contributed by atoms with E-state index in [1.165, 1.54) is 18.2 Å². The standard InChI is InChI=1S/C19H14O7/c1-8-2-4-10-14(25-8)7-13(22)15-16(23)17(24)18(26-19(10)15)9-3-5-11(20)12(21)6-9/h2-8,20-22,24H,1H3. The van der Waals surface area contributed by atoms with Crippen LogP contribution in [0.3, 0.4) is 0 Å². The molecule has 0 amide bonds. The Morgan fingerprint density at radius 2 is 1.77 bits per heavy atom. The summed E-state index contributed by atoms with van der Waals surface area (Å²) in [4.78, 5) is 12.6. The molecule has 3 aromatic rings. The number of benzene rings is 2. The maximum atomic E-state index is 12.6. The molecule has 0 radical (unpaired) electrons. The van der Waals surface area contributed by atoms with Gasteiger partial charge in [0.05, 0.1) is 5.56 Å². The first-order chi connectivity index (χ1) is 12.4. The Kier molecular flexibility index (Phi) is 3.33. The summed E-state index contributed by atoms with van der Waals surface area (Å²) in [6, 6.07) is 5.04. The minimum Gasteiger partial charge on any atom is -0.507 e. The van der Waals surface area contributed by atoms with Gasteiger partial charge in [0.15, 0.2) is 22.8 Å². The van der Waals surface area contributed by atoms with Crippen LogP contribution in [-0.4, -0.2) is 26.5 Å². The zero-order valence-electron chi connectivity index (χ0n) is 13.6. The second-order valence-electron chi connectivity index (χ2n) is 6.01. The summed E-state index contributed by atoms with van der Waals surface area (Å²) in [7, 11) is 0. The van der Waals surface area contributed by atoms with Crippen molar-refractivity contribution in [1.82, 2.24) is 0 Å². The largest absolute Gasteiger partial charge is 0.507 e. The predicted octanol–water partition coefficient (Wildman–Crippen LogP) is 3.08. The molecular formula is C19H14O7. The van der Waals surface area contributed by atoms with Crippen LogP contribution >= 0.6 is 0 Å². The molecule has 0 bridgehead atoms. The van der Waals surface area contributed by atoms with E-state index in [1.54, 1.807) is 12.2 Å². The normalized spacial score (nSPS) is 15.7. The lowest BCUT2D eigenvalue weighted by Gasteiger charge is -2.20. The van der Waals surface area contributed by atoms with Crippen molar-refractivity contribution in [3.8, 4) is 40.1 Å². The van der Waals surface area contributed by atoms with Gasteiger partial charge in [-0.15, -0.1) is 0 Å². The third-order valence-electron chi connectivity index (χ3n) is 4.21. The number of rotatable bonds is 1. The quantitative estimate of drug-likeness (QED) is 0.496. The van der Waals surface area contributed by atoms with Crippen molar-refractivity contribution >= 4 is 17.0 Å². The summed E-state index contributed by atoms with van der Waals surface area (Å²) >= 11 is 0. The molecule has 26 heavy (non-hydrogen) atoms. The van der Waals surface area contributed by atoms with E-state index in [0.29, 0.717) is 11.3 Å². The van der Waals surface area contributed by atoms with Gasteiger partial charge in [-0.25, -0.2) is 0 Å². The lowest BCUT2D eigenvalue weighted by atomic mass is 10.0. The molecule has 7 nitrogen and oxygen atoms in total. The van der Waals surface area contributed by atoms with Gasteiger partial charge in [-0.05, 0) is 37.3 Å². The molecule has 0 aliphatic carbocycles. The Bertz CT molecular complexity index is 1140. The summed E-state index contributed by atoms with van der Waals surface area (Å²) in [6.45, 7) is 1.82. The summed E-state index contributed by atoms with van der Waals surface area (Å²) in [5.74, 6) is -1.72. The fraction of sp³-hybridized carbons (Fsp3) is 0.105. The Morgan fingerprint density at radius 1 is 1.00 bits per heavy atom. The second-order valence-corrected chi connectivity index (χ2v) is 6.01. The highest BCUT2D eigenvalue weighted by molar-refractivity contribution is 5.95. The molecule has 4 N–H and O–H groups in total. The lowest BCUT2D eigenvalue weighted by molar-refractivity contribution is 0.265. The average Bonchev–Trinajstić information content (AvgIpc) is 2.59. The molecule has 1 aliphatic heterocycles. The van der Waals surface area contributed by atoms with Crippen molar-refractivity contribution in [3.05, 3.63) is 46.1 Å². The van der Waals surface area contributed by atoms with Crippen LogP contribution in [0.1, 0.15) is 12.5 Å². The Morgan fingerprint density at radius 3 is 2.50 bits per heavy atom. The van der Waals surface area contributed by atoms with Crippen molar-refractivity contribution in [2.75, 3.05) is 0 Å². The van der Waals surface area contributed by atoms with E-state index < -0.39 is 16.9 Å². The molecule has 7 heteroatoms. The van der Waals surface area contributed by atoms with Crippen molar-refractivity contribution < 1.29 is 29.6 Å². The molecule has 0 fully saturated rings. The van der Waals surface area contributed by atoms with E-state index in [1.807, 2.05) is 6.92 Å². The fourth-order valence-corrected chi connectivity index (χ4v) is 2.92. The van der Waals surface area contributed by atoms with Crippen LogP contribution in [-0.2, 0) is 0 Å². The smallest absolute Gasteiger partial charge is 0.238 e. The molecular weight excluding hydrogens is 340 g/mol. The molecule has 0 saturated carbocycles. The van der Waals surface area contributed by atoms with E-state index in [9.17, 15) is 25.2 Å². The van der Waals surface area contributed by atoms with Gasteiger partial charge >= 0.3 is 0 Å². The first kappa shape index (κ1) is 15.9. The summed E-state index contributed by atoms with van der Waals surface area (Å²) in [6.07, 6.45) is 3.26. The predicted molar refractivity (Wildman–Crippen MR) is 93.7 cm³/mol. The summed E-state index contributed by atoms with van der Waals surface area (Å²) in [5.41, 5.74) is -0.130. The van der Waals surface area contributed by atoms with Gasteiger partial charge in [0.2, 0.25) is 11.2 Å².